The van der Waals surface area contributed by atoms with E-state index < -0.39 is 5.91 Å². The monoisotopic (exact) mass is 353 g/mol. The maximum atomic E-state index is 13.2. The van der Waals surface area contributed by atoms with Gasteiger partial charge < -0.3 is 5.73 Å². The van der Waals surface area contributed by atoms with Gasteiger partial charge in [-0.25, -0.2) is 4.98 Å². The van der Waals surface area contributed by atoms with Crippen LogP contribution in [0, 0.1) is 6.92 Å². The Morgan fingerprint density at radius 3 is 2.96 bits per heavy atom. The zero-order chi connectivity index (χ0) is 17.6. The van der Waals surface area contributed by atoms with Crippen LogP contribution >= 0.6 is 11.3 Å². The molecule has 4 rings (SSSR count). The summed E-state index contributed by atoms with van der Waals surface area (Å²) in [4.78, 5) is 31.4. The molecule has 2 aromatic heterocycles. The summed E-state index contributed by atoms with van der Waals surface area (Å²) < 4.78 is 1.62. The molecule has 0 aliphatic heterocycles. The lowest BCUT2D eigenvalue weighted by atomic mass is 10.1. The number of carbonyl (C=O) groups excluding carboxylic acids is 1. The fourth-order valence-electron chi connectivity index (χ4n) is 3.51. The van der Waals surface area contributed by atoms with Gasteiger partial charge in [0.1, 0.15) is 10.7 Å². The van der Waals surface area contributed by atoms with Crippen LogP contribution in [0.5, 0.6) is 0 Å². The molecule has 2 heterocycles. The van der Waals surface area contributed by atoms with E-state index in [4.69, 9.17) is 10.7 Å². The molecule has 1 aliphatic rings. The van der Waals surface area contributed by atoms with Gasteiger partial charge in [-0.1, -0.05) is 23.8 Å². The number of nitrogens with zero attached hydrogens (tertiary/aromatic N) is 2. The first-order chi connectivity index (χ1) is 12.0. The summed E-state index contributed by atoms with van der Waals surface area (Å²) in [6.45, 7) is 2.26. The molecule has 2 N–H and O–H groups in total. The van der Waals surface area contributed by atoms with Crippen LogP contribution in [-0.2, 0) is 24.2 Å². The quantitative estimate of drug-likeness (QED) is 0.783. The molecule has 6 heteroatoms. The molecule has 0 saturated heterocycles. The first kappa shape index (κ1) is 16.0. The molecule has 0 spiro atoms. The zero-order valence-electron chi connectivity index (χ0n) is 14.0. The van der Waals surface area contributed by atoms with E-state index in [0.29, 0.717) is 5.82 Å². The Morgan fingerprint density at radius 1 is 1.36 bits per heavy atom. The summed E-state index contributed by atoms with van der Waals surface area (Å²) in [5.74, 6) is 0.195. The van der Waals surface area contributed by atoms with Crippen molar-refractivity contribution in [3.8, 4) is 11.4 Å². The van der Waals surface area contributed by atoms with Crippen LogP contribution in [0.15, 0.2) is 29.1 Å². The van der Waals surface area contributed by atoms with Gasteiger partial charge in [0.15, 0.2) is 0 Å². The average molecular weight is 353 g/mol. The summed E-state index contributed by atoms with van der Waals surface area (Å²) in [7, 11) is 0. The van der Waals surface area contributed by atoms with E-state index in [1.807, 2.05) is 31.2 Å². The minimum Gasteiger partial charge on any atom is -0.370 e. The molecule has 3 aromatic rings. The number of carbonyl (C=O) groups is 1. The number of benzene rings is 1. The lowest BCUT2D eigenvalue weighted by molar-refractivity contribution is -0.118. The highest BCUT2D eigenvalue weighted by atomic mass is 32.1. The van der Waals surface area contributed by atoms with Crippen molar-refractivity contribution in [3.05, 3.63) is 50.6 Å². The Morgan fingerprint density at radius 2 is 2.20 bits per heavy atom. The van der Waals surface area contributed by atoms with Crippen molar-refractivity contribution in [2.45, 2.75) is 39.2 Å². The molecule has 128 valence electrons. The third kappa shape index (κ3) is 2.76. The van der Waals surface area contributed by atoms with Crippen molar-refractivity contribution in [2.24, 2.45) is 5.73 Å². The maximum Gasteiger partial charge on any atom is 0.262 e. The number of primary amides is 1. The van der Waals surface area contributed by atoms with Crippen molar-refractivity contribution in [1.82, 2.24) is 9.55 Å². The van der Waals surface area contributed by atoms with Gasteiger partial charge in [0, 0.05) is 23.4 Å². The predicted octanol–water partition coefficient (Wildman–Crippen LogP) is 2.80. The summed E-state index contributed by atoms with van der Waals surface area (Å²) >= 11 is 1.63. The van der Waals surface area contributed by atoms with E-state index in [2.05, 4.69) is 0 Å². The van der Waals surface area contributed by atoms with Crippen LogP contribution in [0.1, 0.15) is 28.8 Å². The van der Waals surface area contributed by atoms with Gasteiger partial charge in [0.25, 0.3) is 5.56 Å². The summed E-state index contributed by atoms with van der Waals surface area (Å²) in [5, 5.41) is 0.735. The molecule has 5 nitrogen and oxygen atoms in total. The number of hydrogen-bond donors (Lipinski definition) is 1. The Labute approximate surface area is 149 Å². The van der Waals surface area contributed by atoms with Crippen molar-refractivity contribution in [2.75, 3.05) is 0 Å². The Kier molecular flexibility index (Phi) is 3.92. The van der Waals surface area contributed by atoms with Gasteiger partial charge in [-0.05, 0) is 37.8 Å². The number of fused-ring (bicyclic) bond motifs is 3. The van der Waals surface area contributed by atoms with Crippen LogP contribution in [0.3, 0.4) is 0 Å². The minimum atomic E-state index is -0.419. The highest BCUT2D eigenvalue weighted by Crippen LogP contribution is 2.35. The van der Waals surface area contributed by atoms with Gasteiger partial charge in [0.05, 0.1) is 5.39 Å². The molecule has 0 saturated carbocycles. The highest BCUT2D eigenvalue weighted by molar-refractivity contribution is 7.18. The van der Waals surface area contributed by atoms with Gasteiger partial charge in [-0.2, -0.15) is 0 Å². The third-order valence-electron chi connectivity index (χ3n) is 4.68. The van der Waals surface area contributed by atoms with Crippen LogP contribution in [0.25, 0.3) is 21.6 Å². The molecule has 1 aliphatic carbocycles. The smallest absolute Gasteiger partial charge is 0.262 e. The number of thiophene rings is 1. The van der Waals surface area contributed by atoms with Gasteiger partial charge in [-0.3, -0.25) is 14.2 Å². The number of hydrogen-bond acceptors (Lipinski definition) is 4. The van der Waals surface area contributed by atoms with Crippen molar-refractivity contribution < 1.29 is 4.79 Å². The van der Waals surface area contributed by atoms with E-state index in [1.165, 1.54) is 4.88 Å². The molecule has 0 fully saturated rings. The van der Waals surface area contributed by atoms with E-state index in [1.54, 1.807) is 15.9 Å². The van der Waals surface area contributed by atoms with Gasteiger partial charge >= 0.3 is 0 Å². The normalized spacial score (nSPS) is 13.3. The second-order valence-electron chi connectivity index (χ2n) is 6.52. The maximum absolute atomic E-state index is 13.2. The summed E-state index contributed by atoms with van der Waals surface area (Å²) in [6, 6.07) is 7.92. The number of rotatable bonds is 4. The summed E-state index contributed by atoms with van der Waals surface area (Å²) in [5.41, 5.74) is 8.40. The number of nitrogens with two attached hydrogens (primary N) is 1. The molecule has 0 radical (unpaired) electrons. The van der Waals surface area contributed by atoms with Crippen LogP contribution in [0.4, 0.5) is 0 Å². The van der Waals surface area contributed by atoms with Crippen LogP contribution < -0.4 is 11.3 Å². The lowest BCUT2D eigenvalue weighted by Gasteiger charge is -2.12. The van der Waals surface area contributed by atoms with Crippen LogP contribution in [0.2, 0.25) is 0 Å². The molecular formula is C19H19N3O2S. The Balaban J connectivity index is 1.98. The first-order valence-electron chi connectivity index (χ1n) is 8.45. The molecule has 1 aromatic carbocycles. The molecule has 0 atom stereocenters. The zero-order valence-corrected chi connectivity index (χ0v) is 14.9. The fourth-order valence-corrected chi connectivity index (χ4v) is 4.76. The van der Waals surface area contributed by atoms with E-state index in [-0.39, 0.29) is 18.5 Å². The van der Waals surface area contributed by atoms with E-state index in [9.17, 15) is 9.59 Å². The topological polar surface area (TPSA) is 78.0 Å². The standard InChI is InChI=1S/C19H19N3O2S/c1-11-4-2-5-12(10-11)17-21-18-16(13-6-3-7-14(13)25-18)19(24)22(17)9-8-15(20)23/h2,4-5,10H,3,6-9H2,1H3,(H2,20,23). The second-order valence-corrected chi connectivity index (χ2v) is 7.60. The number of aromatic nitrogens is 2. The SMILES string of the molecule is Cc1cccc(-c2nc3sc4c(c3c(=O)n2CCC(N)=O)CCC4)c1. The lowest BCUT2D eigenvalue weighted by Crippen LogP contribution is -2.26. The Bertz CT molecular complexity index is 1050. The summed E-state index contributed by atoms with van der Waals surface area (Å²) in [6.07, 6.45) is 3.18. The van der Waals surface area contributed by atoms with Gasteiger partial charge in [0.2, 0.25) is 5.91 Å². The molecule has 25 heavy (non-hydrogen) atoms. The Hall–Kier alpha value is -2.47. The third-order valence-corrected chi connectivity index (χ3v) is 5.87. The van der Waals surface area contributed by atoms with Gasteiger partial charge in [-0.15, -0.1) is 11.3 Å². The average Bonchev–Trinajstić information content (AvgIpc) is 3.14. The van der Waals surface area contributed by atoms with Crippen molar-refractivity contribution in [1.29, 1.82) is 0 Å². The number of amides is 1. The minimum absolute atomic E-state index is 0.0536. The fraction of sp³-hybridized carbons (Fsp3) is 0.316. The largest absolute Gasteiger partial charge is 0.370 e. The molecule has 1 amide bonds. The molecule has 0 bridgehead atoms. The van der Waals surface area contributed by atoms with Crippen LogP contribution in [-0.4, -0.2) is 15.5 Å². The number of aryl methyl sites for hydroxylation is 3. The van der Waals surface area contributed by atoms with E-state index in [0.717, 1.165) is 46.2 Å². The van der Waals surface area contributed by atoms with Crippen molar-refractivity contribution in [3.63, 3.8) is 0 Å². The molecular weight excluding hydrogens is 334 g/mol. The van der Waals surface area contributed by atoms with Crippen molar-refractivity contribution >= 4 is 27.5 Å². The second kappa shape index (κ2) is 6.11. The van der Waals surface area contributed by atoms with E-state index >= 15 is 0 Å². The molecule has 0 unspecified atom stereocenters. The first-order valence-corrected chi connectivity index (χ1v) is 9.26. The highest BCUT2D eigenvalue weighted by Gasteiger charge is 2.23. The predicted molar refractivity (Wildman–Crippen MR) is 99.9 cm³/mol.